The molecule has 0 amide bonds. The number of ether oxygens (including phenoxy) is 9. The summed E-state index contributed by atoms with van der Waals surface area (Å²) in [4.78, 5) is 14.4. The highest BCUT2D eigenvalue weighted by Gasteiger charge is 2.60. The molecule has 1 spiro atoms. The van der Waals surface area contributed by atoms with Crippen LogP contribution in [0.5, 0.6) is 0 Å². The molecule has 7 aliphatic rings. The number of rotatable bonds is 7. The fourth-order valence-corrected chi connectivity index (χ4v) is 11.3. The Kier molecular flexibility index (Phi) is 14.5. The van der Waals surface area contributed by atoms with E-state index >= 15 is 0 Å². The maximum atomic E-state index is 14.4. The third-order valence-corrected chi connectivity index (χ3v) is 15.6. The van der Waals surface area contributed by atoms with Gasteiger partial charge in [0.15, 0.2) is 12.1 Å². The summed E-state index contributed by atoms with van der Waals surface area (Å²) in [7, 11) is 3.33. The molecule has 0 radical (unpaired) electrons. The molecule has 0 aromatic carbocycles. The van der Waals surface area contributed by atoms with Gasteiger partial charge in [0.1, 0.15) is 35.9 Å². The number of carbonyl (C=O) groups is 1. The van der Waals surface area contributed by atoms with Gasteiger partial charge in [0.05, 0.1) is 55.4 Å². The molecule has 0 aromatic heterocycles. The predicted octanol–water partition coefficient (Wildman–Crippen LogP) is 6.04. The number of allylic oxidation sites excluding steroid dienone is 2. The molecule has 0 aromatic rings. The molecule has 20 atom stereocenters. The number of methoxy groups -OCH3 is 2. The van der Waals surface area contributed by atoms with Crippen molar-refractivity contribution >= 4 is 5.97 Å². The highest BCUT2D eigenvalue weighted by Crippen LogP contribution is 2.49. The molecule has 13 heteroatoms. The van der Waals surface area contributed by atoms with E-state index in [1.807, 2.05) is 32.1 Å². The Bertz CT molecular complexity index is 1760. The number of fused-ring (bicyclic) bond motifs is 2. The lowest BCUT2D eigenvalue weighted by Gasteiger charge is -2.54. The maximum absolute atomic E-state index is 14.4. The quantitative estimate of drug-likeness (QED) is 0.201. The predicted molar refractivity (Wildman–Crippen MR) is 231 cm³/mol. The van der Waals surface area contributed by atoms with Crippen LogP contribution in [0.4, 0.5) is 0 Å². The fourth-order valence-electron chi connectivity index (χ4n) is 11.3. The van der Waals surface area contributed by atoms with E-state index in [-0.39, 0.29) is 61.0 Å². The molecule has 348 valence electrons. The van der Waals surface area contributed by atoms with Crippen LogP contribution in [0.15, 0.2) is 59.3 Å². The summed E-state index contributed by atoms with van der Waals surface area (Å²) in [5.41, 5.74) is -0.405. The molecule has 4 fully saturated rings. The number of esters is 1. The number of aliphatic hydroxyl groups excluding tert-OH is 2. The summed E-state index contributed by atoms with van der Waals surface area (Å²) in [6, 6.07) is 0. The first-order valence-corrected chi connectivity index (χ1v) is 23.1. The van der Waals surface area contributed by atoms with Crippen LogP contribution in [0, 0.1) is 29.1 Å². The van der Waals surface area contributed by atoms with Crippen molar-refractivity contribution in [3.8, 4) is 0 Å². The minimum Gasteiger partial charge on any atom is -0.462 e. The van der Waals surface area contributed by atoms with E-state index in [2.05, 4.69) is 53.7 Å². The molecule has 13 nitrogen and oxygen atoms in total. The van der Waals surface area contributed by atoms with Crippen molar-refractivity contribution in [1.29, 1.82) is 0 Å². The van der Waals surface area contributed by atoms with E-state index in [9.17, 15) is 20.1 Å². The van der Waals surface area contributed by atoms with Gasteiger partial charge in [0, 0.05) is 57.2 Å². The Hall–Kier alpha value is -2.27. The summed E-state index contributed by atoms with van der Waals surface area (Å²) >= 11 is 0. The highest BCUT2D eigenvalue weighted by molar-refractivity contribution is 5.78. The third kappa shape index (κ3) is 8.87. The number of hydrogen-bond acceptors (Lipinski definition) is 13. The van der Waals surface area contributed by atoms with Gasteiger partial charge >= 0.3 is 5.97 Å². The maximum Gasteiger partial charge on any atom is 0.316 e. The molecular weight excluding hydrogens is 797 g/mol. The second-order valence-electron chi connectivity index (χ2n) is 19.7. The number of hydrogen-bond donors (Lipinski definition) is 3. The van der Waals surface area contributed by atoms with Crippen LogP contribution in [-0.4, -0.2) is 133 Å². The lowest BCUT2D eigenvalue weighted by molar-refractivity contribution is -0.307. The van der Waals surface area contributed by atoms with Crippen molar-refractivity contribution in [2.24, 2.45) is 29.1 Å². The van der Waals surface area contributed by atoms with Crippen molar-refractivity contribution in [2.75, 3.05) is 20.8 Å². The van der Waals surface area contributed by atoms with Crippen molar-refractivity contribution in [1.82, 2.24) is 0 Å². The first kappa shape index (κ1) is 47.7. The minimum absolute atomic E-state index is 0.0372. The van der Waals surface area contributed by atoms with Crippen LogP contribution in [0.1, 0.15) is 101 Å². The van der Waals surface area contributed by atoms with Crippen LogP contribution < -0.4 is 0 Å². The Labute approximate surface area is 368 Å². The summed E-state index contributed by atoms with van der Waals surface area (Å²) in [6.45, 7) is 18.4. The molecule has 4 saturated heterocycles. The van der Waals surface area contributed by atoms with Crippen LogP contribution in [-0.2, 0) is 47.4 Å². The first-order valence-electron chi connectivity index (χ1n) is 23.1. The second kappa shape index (κ2) is 18.9. The Morgan fingerprint density at radius 3 is 2.42 bits per heavy atom. The van der Waals surface area contributed by atoms with Crippen molar-refractivity contribution in [2.45, 2.75) is 192 Å². The number of aliphatic hydroxyl groups is 3. The zero-order valence-corrected chi connectivity index (χ0v) is 38.7. The summed E-state index contributed by atoms with van der Waals surface area (Å²) < 4.78 is 58.4. The van der Waals surface area contributed by atoms with Gasteiger partial charge in [-0.3, -0.25) is 4.79 Å². The molecule has 7 rings (SSSR count). The summed E-state index contributed by atoms with van der Waals surface area (Å²) in [6.07, 6.45) is 9.99. The molecule has 3 N–H and O–H groups in total. The SMILES string of the molecule is CCC(C)[C@H]1O[C@]2(C=C[C@@H]1C)C[C@@H]1C[C@@H](C/C=C(\C)C(O[C@H]3C[C@H](OC)[C@](C)([C@H]4C[C@H](OC)[C@@H](O)[C@H](C)O4)[C@H](C)O3)[C@@H](C)/C=C/C=C3\CO[C@@H]4[C@H](O)C(C)=C[C@@H](C(=O)O1)[C@]34O)O2. The molecule has 6 aliphatic heterocycles. The fraction of sp³-hybridized carbons (Fsp3) is 0.776. The minimum atomic E-state index is -1.83. The van der Waals surface area contributed by atoms with E-state index in [1.165, 1.54) is 0 Å². The lowest BCUT2D eigenvalue weighted by atomic mass is 9.68. The normalized spacial score (nSPS) is 50.4. The third-order valence-electron chi connectivity index (χ3n) is 15.6. The van der Waals surface area contributed by atoms with Gasteiger partial charge in [-0.1, -0.05) is 77.5 Å². The monoisotopic (exact) mass is 871 g/mol. The van der Waals surface area contributed by atoms with Crippen LogP contribution in [0.2, 0.25) is 0 Å². The molecule has 2 bridgehead atoms. The van der Waals surface area contributed by atoms with Gasteiger partial charge in [-0.15, -0.1) is 0 Å². The average Bonchev–Trinajstić information content (AvgIpc) is 3.58. The molecule has 62 heavy (non-hydrogen) atoms. The van der Waals surface area contributed by atoms with Crippen molar-refractivity contribution in [3.05, 3.63) is 59.3 Å². The Morgan fingerprint density at radius 2 is 1.71 bits per heavy atom. The van der Waals surface area contributed by atoms with Gasteiger partial charge in [-0.05, 0) is 62.8 Å². The zero-order chi connectivity index (χ0) is 44.9. The van der Waals surface area contributed by atoms with Crippen LogP contribution >= 0.6 is 0 Å². The largest absolute Gasteiger partial charge is 0.462 e. The van der Waals surface area contributed by atoms with Crippen molar-refractivity contribution in [3.63, 3.8) is 0 Å². The van der Waals surface area contributed by atoms with Gasteiger partial charge < -0.3 is 58.0 Å². The summed E-state index contributed by atoms with van der Waals surface area (Å²) in [5, 5.41) is 34.5. The van der Waals surface area contributed by atoms with Gasteiger partial charge in [0.25, 0.3) is 0 Å². The topological polar surface area (TPSA) is 161 Å². The van der Waals surface area contributed by atoms with Crippen LogP contribution in [0.3, 0.4) is 0 Å². The Morgan fingerprint density at radius 1 is 0.952 bits per heavy atom. The molecule has 6 heterocycles. The highest BCUT2D eigenvalue weighted by atomic mass is 16.7. The van der Waals surface area contributed by atoms with Gasteiger partial charge in [0.2, 0.25) is 0 Å². The van der Waals surface area contributed by atoms with Crippen molar-refractivity contribution < 1.29 is 62.7 Å². The molecule has 2 unspecified atom stereocenters. The molecular formula is C49H74O13. The summed E-state index contributed by atoms with van der Waals surface area (Å²) in [5.74, 6) is -2.53. The number of carbonyl (C=O) groups excluding carboxylic acids is 1. The molecule has 1 aliphatic carbocycles. The Balaban J connectivity index is 1.22. The zero-order valence-electron chi connectivity index (χ0n) is 38.7. The van der Waals surface area contributed by atoms with E-state index in [0.717, 1.165) is 12.0 Å². The smallest absolute Gasteiger partial charge is 0.316 e. The van der Waals surface area contributed by atoms with E-state index in [1.54, 1.807) is 33.3 Å². The van der Waals surface area contributed by atoms with E-state index in [0.29, 0.717) is 43.3 Å². The average molecular weight is 871 g/mol. The van der Waals surface area contributed by atoms with Gasteiger partial charge in [-0.2, -0.15) is 0 Å². The first-order chi connectivity index (χ1) is 29.4. The van der Waals surface area contributed by atoms with Crippen LogP contribution in [0.25, 0.3) is 0 Å². The van der Waals surface area contributed by atoms with E-state index < -0.39 is 71.6 Å². The van der Waals surface area contributed by atoms with E-state index in [4.69, 9.17) is 42.6 Å². The second-order valence-corrected chi connectivity index (χ2v) is 19.7. The standard InChI is InChI=1S/C49H74O13/c1-12-26(2)44-29(5)18-19-48(62-44)24-35-21-34(61-48)17-16-28(4)43(27(3)14-13-15-33-25-56-45-41(50)30(6)20-36(46(52)59-35)49(33,45)53)60-40-23-38(55-11)47(9,32(8)58-40)39-22-37(54-10)42(51)31(7)57-39/h13-16,18-20,26-27,29,31-32,34-45,50-51,53H,12,17,21-25H2,1-11H3/b14-13+,28-16+,33-15+/t26?,27-,29-,31-,32-,34+,35-,36-,37-,38-,39+,40-,41+,42-,43?,44+,45+,47+,48+,49+/m0/s1. The lowest BCUT2D eigenvalue weighted by Crippen LogP contribution is -2.63. The van der Waals surface area contributed by atoms with Gasteiger partial charge in [-0.25, -0.2) is 0 Å². The molecule has 0 saturated carbocycles.